The molecule has 0 fully saturated rings. The van der Waals surface area contributed by atoms with E-state index in [2.05, 4.69) is 0 Å². The summed E-state index contributed by atoms with van der Waals surface area (Å²) in [5.41, 5.74) is -0.455. The normalized spacial score (nSPS) is 10.4. The van der Waals surface area contributed by atoms with Gasteiger partial charge in [-0.3, -0.25) is 10.1 Å². The summed E-state index contributed by atoms with van der Waals surface area (Å²) in [6, 6.07) is 9.29. The molecule has 0 atom stereocenters. The van der Waals surface area contributed by atoms with Crippen LogP contribution < -0.4 is 0 Å². The summed E-state index contributed by atoms with van der Waals surface area (Å²) in [6.45, 7) is 0. The molecule has 0 bridgehead atoms. The second-order valence-electron chi connectivity index (χ2n) is 2.87. The standard InChI is InChI=1S/C10H6FNO2/c11-9-6-5-7-3-1-2-4-8(7)10(9)12(13)14/h1-6H. The van der Waals surface area contributed by atoms with Gasteiger partial charge in [-0.2, -0.15) is 4.39 Å². The van der Waals surface area contributed by atoms with Gasteiger partial charge in [0, 0.05) is 0 Å². The molecule has 0 aromatic heterocycles. The van der Waals surface area contributed by atoms with Gasteiger partial charge in [0.05, 0.1) is 10.3 Å². The van der Waals surface area contributed by atoms with Crippen molar-refractivity contribution in [3.8, 4) is 0 Å². The zero-order valence-corrected chi connectivity index (χ0v) is 7.11. The Kier molecular flexibility index (Phi) is 1.89. The molecule has 0 aliphatic rings. The van der Waals surface area contributed by atoms with E-state index in [1.54, 1.807) is 18.2 Å². The van der Waals surface area contributed by atoms with E-state index >= 15 is 0 Å². The van der Waals surface area contributed by atoms with Gasteiger partial charge in [0.15, 0.2) is 0 Å². The summed E-state index contributed by atoms with van der Waals surface area (Å²) in [4.78, 5) is 9.90. The smallest absolute Gasteiger partial charge is 0.258 e. The van der Waals surface area contributed by atoms with Crippen molar-refractivity contribution >= 4 is 16.5 Å². The zero-order valence-electron chi connectivity index (χ0n) is 7.11. The SMILES string of the molecule is O=[N+]([O-])c1c(F)ccc2ccccc12. The number of rotatable bonds is 1. The Bertz CT molecular complexity index is 510. The second-order valence-corrected chi connectivity index (χ2v) is 2.87. The number of nitro groups is 1. The van der Waals surface area contributed by atoms with Gasteiger partial charge in [0.25, 0.3) is 0 Å². The third kappa shape index (κ3) is 1.21. The van der Waals surface area contributed by atoms with E-state index < -0.39 is 16.4 Å². The molecule has 2 aromatic carbocycles. The molecule has 14 heavy (non-hydrogen) atoms. The first-order valence-corrected chi connectivity index (χ1v) is 4.02. The van der Waals surface area contributed by atoms with Crippen LogP contribution in [0.5, 0.6) is 0 Å². The van der Waals surface area contributed by atoms with Crippen LogP contribution in [0, 0.1) is 15.9 Å². The fourth-order valence-electron chi connectivity index (χ4n) is 1.41. The minimum atomic E-state index is -0.798. The summed E-state index contributed by atoms with van der Waals surface area (Å²) < 4.78 is 13.1. The molecule has 0 amide bonds. The van der Waals surface area contributed by atoms with Crippen LogP contribution in [0.3, 0.4) is 0 Å². The van der Waals surface area contributed by atoms with Crippen molar-refractivity contribution in [2.75, 3.05) is 0 Å². The van der Waals surface area contributed by atoms with Gasteiger partial charge in [-0.1, -0.05) is 24.3 Å². The molecular weight excluding hydrogens is 185 g/mol. The summed E-state index contributed by atoms with van der Waals surface area (Å²) in [6.07, 6.45) is 0. The Hall–Kier alpha value is -1.97. The Morgan fingerprint density at radius 2 is 1.86 bits per heavy atom. The highest BCUT2D eigenvalue weighted by molar-refractivity contribution is 5.90. The van der Waals surface area contributed by atoms with Crippen LogP contribution in [0.2, 0.25) is 0 Å². The number of halogens is 1. The quantitative estimate of drug-likeness (QED) is 0.513. The topological polar surface area (TPSA) is 43.1 Å². The molecule has 4 heteroatoms. The fraction of sp³-hybridized carbons (Fsp3) is 0. The summed E-state index contributed by atoms with van der Waals surface area (Å²) in [5.74, 6) is -0.798. The highest BCUT2D eigenvalue weighted by Gasteiger charge is 2.17. The molecule has 0 N–H and O–H groups in total. The molecule has 2 rings (SSSR count). The van der Waals surface area contributed by atoms with Gasteiger partial charge in [-0.25, -0.2) is 0 Å². The van der Waals surface area contributed by atoms with Gasteiger partial charge in [0.2, 0.25) is 5.82 Å². The molecule has 2 aromatic rings. The lowest BCUT2D eigenvalue weighted by Crippen LogP contribution is -1.93. The van der Waals surface area contributed by atoms with Crippen molar-refractivity contribution in [1.82, 2.24) is 0 Å². The van der Waals surface area contributed by atoms with Crippen LogP contribution in [0.25, 0.3) is 10.8 Å². The Morgan fingerprint density at radius 3 is 2.57 bits per heavy atom. The first kappa shape index (κ1) is 8.62. The number of fused-ring (bicyclic) bond motifs is 1. The monoisotopic (exact) mass is 191 g/mol. The molecular formula is C10H6FNO2. The molecule has 3 nitrogen and oxygen atoms in total. The third-order valence-corrected chi connectivity index (χ3v) is 2.03. The molecule has 0 spiro atoms. The maximum Gasteiger partial charge on any atom is 0.312 e. The van der Waals surface area contributed by atoms with Crippen LogP contribution in [0.4, 0.5) is 10.1 Å². The van der Waals surface area contributed by atoms with E-state index in [9.17, 15) is 14.5 Å². The van der Waals surface area contributed by atoms with Gasteiger partial charge in [0.1, 0.15) is 0 Å². The van der Waals surface area contributed by atoms with E-state index in [-0.39, 0.29) is 0 Å². The highest BCUT2D eigenvalue weighted by atomic mass is 19.1. The van der Waals surface area contributed by atoms with Crippen molar-refractivity contribution in [2.24, 2.45) is 0 Å². The number of hydrogen-bond acceptors (Lipinski definition) is 2. The van der Waals surface area contributed by atoms with Gasteiger partial charge < -0.3 is 0 Å². The molecule has 0 unspecified atom stereocenters. The summed E-state index contributed by atoms with van der Waals surface area (Å²) in [7, 11) is 0. The Labute approximate surface area is 78.9 Å². The van der Waals surface area contributed by atoms with E-state index in [4.69, 9.17) is 0 Å². The molecule has 70 valence electrons. The first-order valence-electron chi connectivity index (χ1n) is 4.02. The van der Waals surface area contributed by atoms with E-state index in [0.29, 0.717) is 10.8 Å². The molecule has 0 saturated carbocycles. The third-order valence-electron chi connectivity index (χ3n) is 2.03. The highest BCUT2D eigenvalue weighted by Crippen LogP contribution is 2.27. The van der Waals surface area contributed by atoms with Crippen LogP contribution in [-0.4, -0.2) is 4.92 Å². The molecule has 0 heterocycles. The lowest BCUT2D eigenvalue weighted by Gasteiger charge is -1.99. The van der Waals surface area contributed by atoms with E-state index in [0.717, 1.165) is 6.07 Å². The average Bonchev–Trinajstić information content (AvgIpc) is 2.17. The molecule has 0 saturated heterocycles. The maximum atomic E-state index is 13.1. The van der Waals surface area contributed by atoms with Gasteiger partial charge in [-0.15, -0.1) is 0 Å². The average molecular weight is 191 g/mol. The summed E-state index contributed by atoms with van der Waals surface area (Å²) in [5, 5.41) is 11.6. The second kappa shape index (κ2) is 3.06. The molecule has 0 aliphatic carbocycles. The first-order chi connectivity index (χ1) is 6.70. The van der Waals surface area contributed by atoms with Crippen molar-refractivity contribution < 1.29 is 9.31 Å². The van der Waals surface area contributed by atoms with Crippen molar-refractivity contribution in [3.05, 3.63) is 52.3 Å². The van der Waals surface area contributed by atoms with Crippen LogP contribution in [0.1, 0.15) is 0 Å². The van der Waals surface area contributed by atoms with Crippen molar-refractivity contribution in [1.29, 1.82) is 0 Å². The minimum absolute atomic E-state index is 0.331. The molecule has 0 aliphatic heterocycles. The predicted octanol–water partition coefficient (Wildman–Crippen LogP) is 2.89. The van der Waals surface area contributed by atoms with Crippen molar-refractivity contribution in [3.63, 3.8) is 0 Å². The lowest BCUT2D eigenvalue weighted by molar-refractivity contribution is -0.385. The maximum absolute atomic E-state index is 13.1. The zero-order chi connectivity index (χ0) is 10.1. The van der Waals surface area contributed by atoms with Crippen LogP contribution >= 0.6 is 0 Å². The van der Waals surface area contributed by atoms with Crippen molar-refractivity contribution in [2.45, 2.75) is 0 Å². The van der Waals surface area contributed by atoms with E-state index in [1.165, 1.54) is 12.1 Å². The Balaban J connectivity index is 2.90. The van der Waals surface area contributed by atoms with Crippen LogP contribution in [0.15, 0.2) is 36.4 Å². The number of benzene rings is 2. The fourth-order valence-corrected chi connectivity index (χ4v) is 1.41. The van der Waals surface area contributed by atoms with Crippen LogP contribution in [-0.2, 0) is 0 Å². The minimum Gasteiger partial charge on any atom is -0.258 e. The number of nitrogens with zero attached hydrogens (tertiary/aromatic N) is 1. The van der Waals surface area contributed by atoms with Gasteiger partial charge >= 0.3 is 5.69 Å². The number of hydrogen-bond donors (Lipinski definition) is 0. The largest absolute Gasteiger partial charge is 0.312 e. The lowest BCUT2D eigenvalue weighted by atomic mass is 10.1. The predicted molar refractivity (Wildman–Crippen MR) is 50.6 cm³/mol. The molecule has 0 radical (unpaired) electrons. The van der Waals surface area contributed by atoms with Gasteiger partial charge in [-0.05, 0) is 17.5 Å². The van der Waals surface area contributed by atoms with E-state index in [1.807, 2.05) is 0 Å². The summed E-state index contributed by atoms with van der Waals surface area (Å²) >= 11 is 0. The Morgan fingerprint density at radius 1 is 1.14 bits per heavy atom. The number of nitro benzene ring substituents is 1.